The number of carbonyl (C=O) groups excluding carboxylic acids is 1. The Hall–Kier alpha value is -2.97. The minimum Gasteiger partial charge on any atom is -0.375 e. The van der Waals surface area contributed by atoms with Crippen LogP contribution < -0.4 is 5.32 Å². The molecule has 2 fully saturated rings. The molecule has 5 rings (SSSR count). The lowest BCUT2D eigenvalue weighted by Gasteiger charge is -2.38. The van der Waals surface area contributed by atoms with Gasteiger partial charge in [0.1, 0.15) is 11.6 Å². The lowest BCUT2D eigenvalue weighted by molar-refractivity contribution is -0.0391. The number of H-pyrrole nitrogens is 1. The highest BCUT2D eigenvalue weighted by atomic mass is 35.5. The summed E-state index contributed by atoms with van der Waals surface area (Å²) in [5.74, 6) is 2.66. The molecule has 8 nitrogen and oxygen atoms in total. The molecule has 33 heavy (non-hydrogen) atoms. The minimum atomic E-state index is -0.155. The van der Waals surface area contributed by atoms with Crippen molar-refractivity contribution < 1.29 is 9.53 Å². The maximum absolute atomic E-state index is 12.8. The van der Waals surface area contributed by atoms with Gasteiger partial charge in [-0.3, -0.25) is 9.89 Å². The van der Waals surface area contributed by atoms with Crippen molar-refractivity contribution in [3.63, 3.8) is 0 Å². The van der Waals surface area contributed by atoms with Gasteiger partial charge in [-0.25, -0.2) is 9.97 Å². The molecule has 172 valence electrons. The molecule has 1 spiro atoms. The van der Waals surface area contributed by atoms with Crippen LogP contribution in [0.5, 0.6) is 0 Å². The Labute approximate surface area is 197 Å². The van der Waals surface area contributed by atoms with Gasteiger partial charge in [-0.05, 0) is 56.4 Å². The van der Waals surface area contributed by atoms with Crippen LogP contribution in [0.15, 0.2) is 42.6 Å². The standard InChI is InChI=1S/C24H27ClN6O2/c1-16-11-22(30-29-16)28-20-5-8-26-21(27-20)12-17-14-24(33-15-17)6-9-31(10-7-24)23(32)18-3-2-4-19(25)13-18/h2-5,8,11,13,17H,6-7,9-10,12,14-15H2,1H3,(H2,26,27,28,29,30)/t17-/m1/s1. The van der Waals surface area contributed by atoms with E-state index < -0.39 is 0 Å². The number of nitrogens with one attached hydrogen (secondary N) is 2. The highest BCUT2D eigenvalue weighted by Gasteiger charge is 2.43. The third-order valence-electron chi connectivity index (χ3n) is 6.46. The Morgan fingerprint density at radius 3 is 2.88 bits per heavy atom. The zero-order valence-electron chi connectivity index (χ0n) is 18.6. The lowest BCUT2D eigenvalue weighted by Crippen LogP contribution is -2.46. The zero-order valence-corrected chi connectivity index (χ0v) is 19.3. The number of aromatic nitrogens is 4. The van der Waals surface area contributed by atoms with Gasteiger partial charge >= 0.3 is 0 Å². The monoisotopic (exact) mass is 466 g/mol. The first kappa shape index (κ1) is 21.9. The molecule has 0 saturated carbocycles. The summed E-state index contributed by atoms with van der Waals surface area (Å²) in [4.78, 5) is 23.8. The molecule has 3 aromatic rings. The van der Waals surface area contributed by atoms with E-state index in [0.717, 1.165) is 48.8 Å². The lowest BCUT2D eigenvalue weighted by atomic mass is 9.84. The number of nitrogens with zero attached hydrogens (tertiary/aromatic N) is 4. The SMILES string of the molecule is Cc1cc(Nc2ccnc(C[C@H]3COC4(CCN(C(=O)c5cccc(Cl)c5)CC4)C3)n2)n[nH]1. The second-order valence-electron chi connectivity index (χ2n) is 8.99. The summed E-state index contributed by atoms with van der Waals surface area (Å²) in [5.41, 5.74) is 1.47. The second-order valence-corrected chi connectivity index (χ2v) is 9.43. The summed E-state index contributed by atoms with van der Waals surface area (Å²) in [6, 6.07) is 10.9. The number of aryl methyl sites for hydroxylation is 1. The minimum absolute atomic E-state index is 0.0340. The van der Waals surface area contributed by atoms with E-state index >= 15 is 0 Å². The van der Waals surface area contributed by atoms with Crippen molar-refractivity contribution in [3.8, 4) is 0 Å². The highest BCUT2D eigenvalue weighted by Crippen LogP contribution is 2.39. The van der Waals surface area contributed by atoms with Gasteiger partial charge in [-0.2, -0.15) is 5.10 Å². The van der Waals surface area contributed by atoms with Crippen LogP contribution in [-0.4, -0.2) is 56.3 Å². The number of hydrogen-bond acceptors (Lipinski definition) is 6. The summed E-state index contributed by atoms with van der Waals surface area (Å²) >= 11 is 6.05. The summed E-state index contributed by atoms with van der Waals surface area (Å²) in [6.45, 7) is 4.03. The molecular weight excluding hydrogens is 440 g/mol. The Kier molecular flexibility index (Phi) is 6.03. The molecule has 2 aliphatic heterocycles. The van der Waals surface area contributed by atoms with Gasteiger partial charge in [0.05, 0.1) is 12.2 Å². The summed E-state index contributed by atoms with van der Waals surface area (Å²) in [5, 5.41) is 10.9. The molecule has 2 aromatic heterocycles. The molecule has 0 unspecified atom stereocenters. The average molecular weight is 467 g/mol. The van der Waals surface area contributed by atoms with Crippen LogP contribution in [-0.2, 0) is 11.2 Å². The van der Waals surface area contributed by atoms with Crippen LogP contribution in [0.1, 0.15) is 41.1 Å². The zero-order chi connectivity index (χ0) is 22.8. The Balaban J connectivity index is 1.16. The van der Waals surface area contributed by atoms with Gasteiger partial charge in [-0.1, -0.05) is 17.7 Å². The molecule has 2 saturated heterocycles. The predicted octanol–water partition coefficient (Wildman–Crippen LogP) is 4.16. The molecule has 0 aliphatic carbocycles. The van der Waals surface area contributed by atoms with Crippen LogP contribution >= 0.6 is 11.6 Å². The maximum atomic E-state index is 12.8. The van der Waals surface area contributed by atoms with Crippen molar-refractivity contribution in [1.29, 1.82) is 0 Å². The van der Waals surface area contributed by atoms with Crippen molar-refractivity contribution in [3.05, 3.63) is 64.7 Å². The van der Waals surface area contributed by atoms with Crippen molar-refractivity contribution in [2.24, 2.45) is 5.92 Å². The van der Waals surface area contributed by atoms with Gasteiger partial charge in [0.15, 0.2) is 5.82 Å². The number of carbonyl (C=O) groups is 1. The number of ether oxygens (including phenoxy) is 1. The molecule has 4 heterocycles. The first-order valence-corrected chi connectivity index (χ1v) is 11.7. The average Bonchev–Trinajstić information content (AvgIpc) is 3.40. The van der Waals surface area contributed by atoms with Gasteiger partial charge in [0, 0.05) is 48.1 Å². The molecule has 1 amide bonds. The number of hydrogen-bond donors (Lipinski definition) is 2. The number of anilines is 2. The largest absolute Gasteiger partial charge is 0.375 e. The first-order valence-electron chi connectivity index (χ1n) is 11.3. The maximum Gasteiger partial charge on any atom is 0.253 e. The smallest absolute Gasteiger partial charge is 0.253 e. The summed E-state index contributed by atoms with van der Waals surface area (Å²) < 4.78 is 6.30. The topological polar surface area (TPSA) is 96.0 Å². The first-order chi connectivity index (χ1) is 16.0. The normalized spacial score (nSPS) is 19.7. The van der Waals surface area contributed by atoms with Crippen LogP contribution in [0.25, 0.3) is 0 Å². The predicted molar refractivity (Wildman–Crippen MR) is 126 cm³/mol. The fraction of sp³-hybridized carbons (Fsp3) is 0.417. The van der Waals surface area contributed by atoms with E-state index in [2.05, 4.69) is 25.5 Å². The Bertz CT molecular complexity index is 1140. The van der Waals surface area contributed by atoms with E-state index in [1.165, 1.54) is 0 Å². The third-order valence-corrected chi connectivity index (χ3v) is 6.69. The third kappa shape index (κ3) is 5.02. The molecular formula is C24H27ClN6O2. The number of benzene rings is 1. The van der Waals surface area contributed by atoms with Crippen molar-refractivity contribution in [2.75, 3.05) is 25.0 Å². The number of piperidine rings is 1. The Morgan fingerprint density at radius 2 is 2.12 bits per heavy atom. The molecule has 0 bridgehead atoms. The van der Waals surface area contributed by atoms with E-state index in [4.69, 9.17) is 16.3 Å². The number of rotatable bonds is 5. The van der Waals surface area contributed by atoms with E-state index in [0.29, 0.717) is 36.2 Å². The van der Waals surface area contributed by atoms with Gasteiger partial charge in [0.2, 0.25) is 0 Å². The summed E-state index contributed by atoms with van der Waals surface area (Å²) in [6.07, 6.45) is 5.19. The van der Waals surface area contributed by atoms with Crippen molar-refractivity contribution in [2.45, 2.75) is 38.2 Å². The van der Waals surface area contributed by atoms with Gasteiger partial charge < -0.3 is 15.0 Å². The number of amides is 1. The quantitative estimate of drug-likeness (QED) is 0.586. The second kappa shape index (κ2) is 9.11. The van der Waals surface area contributed by atoms with Crippen LogP contribution in [0.3, 0.4) is 0 Å². The molecule has 2 aliphatic rings. The van der Waals surface area contributed by atoms with Crippen molar-refractivity contribution in [1.82, 2.24) is 25.1 Å². The molecule has 2 N–H and O–H groups in total. The van der Waals surface area contributed by atoms with Gasteiger partial charge in [-0.15, -0.1) is 0 Å². The number of halogens is 1. The fourth-order valence-electron chi connectivity index (χ4n) is 4.78. The highest BCUT2D eigenvalue weighted by molar-refractivity contribution is 6.30. The van der Waals surface area contributed by atoms with Crippen molar-refractivity contribution >= 4 is 29.1 Å². The molecule has 9 heteroatoms. The van der Waals surface area contributed by atoms with E-state index in [1.807, 2.05) is 36.1 Å². The number of likely N-dealkylation sites (tertiary alicyclic amines) is 1. The van der Waals surface area contributed by atoms with Crippen LogP contribution in [0.2, 0.25) is 5.02 Å². The van der Waals surface area contributed by atoms with E-state index in [9.17, 15) is 4.79 Å². The number of aromatic amines is 1. The van der Waals surface area contributed by atoms with Crippen LogP contribution in [0.4, 0.5) is 11.6 Å². The molecule has 1 atom stereocenters. The Morgan fingerprint density at radius 1 is 1.27 bits per heavy atom. The van der Waals surface area contributed by atoms with Gasteiger partial charge in [0.25, 0.3) is 5.91 Å². The van der Waals surface area contributed by atoms with E-state index in [-0.39, 0.29) is 11.5 Å². The summed E-state index contributed by atoms with van der Waals surface area (Å²) in [7, 11) is 0. The fourth-order valence-corrected chi connectivity index (χ4v) is 4.97. The molecule has 0 radical (unpaired) electrons. The van der Waals surface area contributed by atoms with E-state index in [1.54, 1.807) is 18.3 Å². The van der Waals surface area contributed by atoms with Crippen LogP contribution in [0, 0.1) is 12.8 Å². The molecule has 1 aromatic carbocycles.